The smallest absolute Gasteiger partial charge is 0.226 e. The molecule has 3 aliphatic carbocycles. The molecule has 3 N–H and O–H groups in total. The molecule has 4 fully saturated rings. The molecule has 11 nitrogen and oxygen atoms in total. The molecule has 0 radical (unpaired) electrons. The van der Waals surface area contributed by atoms with E-state index in [1.807, 2.05) is 12.1 Å². The Balaban J connectivity index is 0.875. The maximum absolute atomic E-state index is 13.0. The summed E-state index contributed by atoms with van der Waals surface area (Å²) < 4.78 is 12.1. The summed E-state index contributed by atoms with van der Waals surface area (Å²) in [6, 6.07) is 3.95. The standard InChI is InChI=1S/C36H55N5O6/c1-41-33(43)23-31(34(41)26-7-5-19-37-24-26)36(45)38-20-22-47-30-17-15-29(16-18-30)46-21-6-10-32(42)39-28-13-11-25(12-14-28)35(44)40-27-8-3-2-4-9-27/h5,7,19,24-25,27-31,34H,2-4,6,8-18,20-23H2,1H3,(H,38,45)(H,39,42)(H,40,44)/t25?,28?,29?,30?,31-,34+/m0/s1. The maximum atomic E-state index is 13.0. The van der Waals surface area contributed by atoms with Crippen molar-refractivity contribution in [3.05, 3.63) is 30.1 Å². The van der Waals surface area contributed by atoms with Crippen LogP contribution in [0.5, 0.6) is 0 Å². The molecule has 0 bridgehead atoms. The van der Waals surface area contributed by atoms with E-state index in [4.69, 9.17) is 9.47 Å². The number of amides is 4. The van der Waals surface area contributed by atoms with E-state index in [2.05, 4.69) is 20.9 Å². The van der Waals surface area contributed by atoms with E-state index in [1.165, 1.54) is 19.3 Å². The fourth-order valence-electron chi connectivity index (χ4n) is 7.86. The SMILES string of the molecule is CN1C(=O)C[C@H](C(=O)NCCOC2CCC(OCCCC(=O)NC3CCC(C(=O)NC4CCCCC4)CC3)CC2)[C@H]1c1cccnc1. The molecular formula is C36H55N5O6. The number of nitrogens with one attached hydrogen (secondary N) is 3. The van der Waals surface area contributed by atoms with E-state index in [-0.39, 0.29) is 60.3 Å². The molecule has 47 heavy (non-hydrogen) atoms. The lowest BCUT2D eigenvalue weighted by atomic mass is 9.84. The van der Waals surface area contributed by atoms with Crippen molar-refractivity contribution in [2.45, 2.75) is 133 Å². The van der Waals surface area contributed by atoms with Crippen LogP contribution in [0.1, 0.15) is 114 Å². The van der Waals surface area contributed by atoms with E-state index in [0.717, 1.165) is 69.8 Å². The number of aromatic nitrogens is 1. The van der Waals surface area contributed by atoms with Crippen LogP contribution in [0.2, 0.25) is 0 Å². The molecular weight excluding hydrogens is 598 g/mol. The van der Waals surface area contributed by atoms with Gasteiger partial charge >= 0.3 is 0 Å². The second kappa shape index (κ2) is 17.9. The van der Waals surface area contributed by atoms with Gasteiger partial charge in [0, 0.05) is 63.4 Å². The lowest BCUT2D eigenvalue weighted by Crippen LogP contribution is -2.43. The molecule has 0 aromatic carbocycles. The Morgan fingerprint density at radius 3 is 2.21 bits per heavy atom. The second-order valence-electron chi connectivity index (χ2n) is 14.0. The van der Waals surface area contributed by atoms with Crippen LogP contribution in [-0.2, 0) is 28.7 Å². The molecule has 4 amide bonds. The Kier molecular flexibility index (Phi) is 13.4. The van der Waals surface area contributed by atoms with Gasteiger partial charge in [-0.15, -0.1) is 0 Å². The molecule has 0 unspecified atom stereocenters. The third kappa shape index (κ3) is 10.5. The quantitative estimate of drug-likeness (QED) is 0.258. The van der Waals surface area contributed by atoms with E-state index < -0.39 is 5.92 Å². The molecule has 2 heterocycles. The molecule has 11 heteroatoms. The van der Waals surface area contributed by atoms with Crippen LogP contribution in [-0.4, -0.2) is 84.6 Å². The number of nitrogens with zero attached hydrogens (tertiary/aromatic N) is 2. The first-order chi connectivity index (χ1) is 22.9. The predicted octanol–water partition coefficient (Wildman–Crippen LogP) is 3.97. The summed E-state index contributed by atoms with van der Waals surface area (Å²) in [7, 11) is 1.74. The molecule has 1 saturated heterocycles. The van der Waals surface area contributed by atoms with Crippen molar-refractivity contribution in [2.75, 3.05) is 26.8 Å². The molecule has 260 valence electrons. The highest BCUT2D eigenvalue weighted by Crippen LogP contribution is 2.36. The van der Waals surface area contributed by atoms with Crippen molar-refractivity contribution in [1.82, 2.24) is 25.8 Å². The highest BCUT2D eigenvalue weighted by atomic mass is 16.5. The zero-order valence-electron chi connectivity index (χ0n) is 28.1. The van der Waals surface area contributed by atoms with Gasteiger partial charge in [0.05, 0.1) is 30.8 Å². The van der Waals surface area contributed by atoms with Gasteiger partial charge in [0.15, 0.2) is 0 Å². The lowest BCUT2D eigenvalue weighted by Gasteiger charge is -2.30. The average molecular weight is 654 g/mol. The Morgan fingerprint density at radius 1 is 0.851 bits per heavy atom. The largest absolute Gasteiger partial charge is 0.378 e. The number of likely N-dealkylation sites (tertiary alicyclic amines) is 1. The summed E-state index contributed by atoms with van der Waals surface area (Å²) >= 11 is 0. The van der Waals surface area contributed by atoms with Gasteiger partial charge in [0.2, 0.25) is 23.6 Å². The van der Waals surface area contributed by atoms with Gasteiger partial charge in [-0.25, -0.2) is 0 Å². The van der Waals surface area contributed by atoms with E-state index in [9.17, 15) is 19.2 Å². The molecule has 2 atom stereocenters. The number of pyridine rings is 1. The van der Waals surface area contributed by atoms with Crippen molar-refractivity contribution in [2.24, 2.45) is 11.8 Å². The van der Waals surface area contributed by atoms with Gasteiger partial charge in [-0.05, 0) is 82.3 Å². The molecule has 1 aromatic heterocycles. The van der Waals surface area contributed by atoms with Crippen LogP contribution in [0.25, 0.3) is 0 Å². The van der Waals surface area contributed by atoms with E-state index in [1.54, 1.807) is 24.3 Å². The van der Waals surface area contributed by atoms with Crippen molar-refractivity contribution in [3.8, 4) is 0 Å². The summed E-state index contributed by atoms with van der Waals surface area (Å²) in [4.78, 5) is 56.3. The minimum absolute atomic E-state index is 0.0393. The van der Waals surface area contributed by atoms with Crippen LogP contribution in [0.15, 0.2) is 24.5 Å². The van der Waals surface area contributed by atoms with E-state index in [0.29, 0.717) is 38.6 Å². The summed E-state index contributed by atoms with van der Waals surface area (Å²) in [5, 5.41) is 9.41. The monoisotopic (exact) mass is 653 g/mol. The van der Waals surface area contributed by atoms with Crippen molar-refractivity contribution in [1.29, 1.82) is 0 Å². The third-order valence-electron chi connectivity index (χ3n) is 10.6. The summed E-state index contributed by atoms with van der Waals surface area (Å²) in [6.45, 7) is 1.41. The van der Waals surface area contributed by atoms with Crippen molar-refractivity contribution in [3.63, 3.8) is 0 Å². The fourth-order valence-corrected chi connectivity index (χ4v) is 7.86. The van der Waals surface area contributed by atoms with Gasteiger partial charge in [-0.2, -0.15) is 0 Å². The molecule has 3 saturated carbocycles. The summed E-state index contributed by atoms with van der Waals surface area (Å²) in [6.07, 6.45) is 18.1. The fraction of sp³-hybridized carbons (Fsp3) is 0.750. The van der Waals surface area contributed by atoms with Crippen molar-refractivity contribution >= 4 is 23.6 Å². The van der Waals surface area contributed by atoms with Crippen LogP contribution < -0.4 is 16.0 Å². The number of ether oxygens (including phenoxy) is 2. The number of carbonyl (C=O) groups is 4. The van der Waals surface area contributed by atoms with Crippen LogP contribution in [0.3, 0.4) is 0 Å². The molecule has 0 spiro atoms. The first-order valence-corrected chi connectivity index (χ1v) is 18.1. The molecule has 5 rings (SSSR count). The van der Waals surface area contributed by atoms with Gasteiger partial charge in [-0.1, -0.05) is 25.3 Å². The first-order valence-electron chi connectivity index (χ1n) is 18.1. The minimum atomic E-state index is -0.444. The Morgan fingerprint density at radius 2 is 1.53 bits per heavy atom. The highest BCUT2D eigenvalue weighted by molar-refractivity contribution is 5.90. The molecule has 1 aliphatic heterocycles. The Hall–Kier alpha value is -3.05. The average Bonchev–Trinajstić information content (AvgIpc) is 3.40. The number of hydrogen-bond acceptors (Lipinski definition) is 7. The number of carbonyl (C=O) groups excluding carboxylic acids is 4. The van der Waals surface area contributed by atoms with Crippen molar-refractivity contribution < 1.29 is 28.7 Å². The number of hydrogen-bond donors (Lipinski definition) is 3. The lowest BCUT2D eigenvalue weighted by molar-refractivity contribution is -0.128. The maximum Gasteiger partial charge on any atom is 0.226 e. The zero-order valence-corrected chi connectivity index (χ0v) is 28.1. The molecule has 4 aliphatic rings. The topological polar surface area (TPSA) is 139 Å². The minimum Gasteiger partial charge on any atom is -0.378 e. The zero-order chi connectivity index (χ0) is 33.0. The normalized spacial score (nSPS) is 28.5. The van der Waals surface area contributed by atoms with E-state index >= 15 is 0 Å². The highest BCUT2D eigenvalue weighted by Gasteiger charge is 2.42. The Bertz CT molecular complexity index is 1160. The number of rotatable bonds is 14. The Labute approximate surface area is 279 Å². The van der Waals surface area contributed by atoms with Crippen LogP contribution in [0, 0.1) is 11.8 Å². The van der Waals surface area contributed by atoms with Gasteiger partial charge in [0.25, 0.3) is 0 Å². The van der Waals surface area contributed by atoms with Gasteiger partial charge < -0.3 is 30.3 Å². The predicted molar refractivity (Wildman–Crippen MR) is 177 cm³/mol. The van der Waals surface area contributed by atoms with Crippen LogP contribution >= 0.6 is 0 Å². The summed E-state index contributed by atoms with van der Waals surface area (Å²) in [5.74, 6) is -0.239. The van der Waals surface area contributed by atoms with Crippen LogP contribution in [0.4, 0.5) is 0 Å². The third-order valence-corrected chi connectivity index (χ3v) is 10.6. The van der Waals surface area contributed by atoms with Gasteiger partial charge in [-0.3, -0.25) is 24.2 Å². The van der Waals surface area contributed by atoms with Gasteiger partial charge in [0.1, 0.15) is 0 Å². The summed E-state index contributed by atoms with van der Waals surface area (Å²) in [5.41, 5.74) is 0.865. The molecule has 1 aromatic rings. The second-order valence-corrected chi connectivity index (χ2v) is 14.0. The first kappa shape index (κ1) is 35.3.